The van der Waals surface area contributed by atoms with Gasteiger partial charge in [-0.15, -0.1) is 4.72 Å². The van der Waals surface area contributed by atoms with Crippen LogP contribution >= 0.6 is 11.6 Å². The molecule has 3 rings (SSSR count). The van der Waals surface area contributed by atoms with Crippen molar-refractivity contribution in [3.05, 3.63) is 34.3 Å². The van der Waals surface area contributed by atoms with Gasteiger partial charge in [0.25, 0.3) is 0 Å². The summed E-state index contributed by atoms with van der Waals surface area (Å²) in [7, 11) is 0. The Bertz CT molecular complexity index is 669. The molecule has 138 valence electrons. The molecular formula is C18H25ClN2O3S. The molecule has 2 N–H and O–H groups in total. The van der Waals surface area contributed by atoms with Gasteiger partial charge in [-0.25, -0.2) is 4.79 Å². The van der Waals surface area contributed by atoms with Crippen LogP contribution in [0.4, 0.5) is 4.79 Å². The molecule has 1 aromatic rings. The van der Waals surface area contributed by atoms with Crippen LogP contribution < -0.4 is 4.72 Å². The SMILES string of the molecule is CC(C)(C)[S@+]([O-])N[C@@H]1c2cc(Cl)ccc2CC12CCN(C(=O)O)CC2. The van der Waals surface area contributed by atoms with Gasteiger partial charge in [-0.05, 0) is 63.3 Å². The highest BCUT2D eigenvalue weighted by atomic mass is 35.5. The monoisotopic (exact) mass is 384 g/mol. The summed E-state index contributed by atoms with van der Waals surface area (Å²) in [6.45, 7) is 6.87. The van der Waals surface area contributed by atoms with Crippen molar-refractivity contribution in [1.29, 1.82) is 0 Å². The molecule has 5 nitrogen and oxygen atoms in total. The molecule has 25 heavy (non-hydrogen) atoms. The zero-order valence-electron chi connectivity index (χ0n) is 14.8. The van der Waals surface area contributed by atoms with E-state index in [-0.39, 0.29) is 16.2 Å². The Morgan fingerprint density at radius 2 is 2.04 bits per heavy atom. The predicted molar refractivity (Wildman–Crippen MR) is 100 cm³/mol. The molecule has 1 aromatic carbocycles. The number of nitrogens with one attached hydrogen (secondary N) is 1. The van der Waals surface area contributed by atoms with Crippen LogP contribution in [0.3, 0.4) is 0 Å². The first-order chi connectivity index (χ1) is 11.6. The Kier molecular flexibility index (Phi) is 5.01. The summed E-state index contributed by atoms with van der Waals surface area (Å²) in [5.41, 5.74) is 2.21. The lowest BCUT2D eigenvalue weighted by Crippen LogP contribution is -2.50. The minimum absolute atomic E-state index is 0.0720. The highest BCUT2D eigenvalue weighted by Gasteiger charge is 2.50. The number of hydrogen-bond acceptors (Lipinski definition) is 3. The number of nitrogens with zero attached hydrogens (tertiary/aromatic N) is 1. The Morgan fingerprint density at radius 1 is 1.40 bits per heavy atom. The van der Waals surface area contributed by atoms with Crippen LogP contribution in [0.5, 0.6) is 0 Å². The zero-order valence-corrected chi connectivity index (χ0v) is 16.4. The summed E-state index contributed by atoms with van der Waals surface area (Å²) >= 11 is 5.01. The first-order valence-electron chi connectivity index (χ1n) is 8.57. The van der Waals surface area contributed by atoms with E-state index in [4.69, 9.17) is 11.6 Å². The molecule has 1 saturated heterocycles. The van der Waals surface area contributed by atoms with E-state index in [2.05, 4.69) is 4.72 Å². The van der Waals surface area contributed by atoms with Gasteiger partial charge in [-0.1, -0.05) is 17.7 Å². The third-order valence-corrected chi connectivity index (χ3v) is 7.18. The maximum atomic E-state index is 12.8. The summed E-state index contributed by atoms with van der Waals surface area (Å²) in [5, 5.41) is 9.91. The van der Waals surface area contributed by atoms with Crippen LogP contribution in [0.25, 0.3) is 0 Å². The molecule has 0 bridgehead atoms. The standard InChI is InChI=1S/C18H25ClN2O3S/c1-17(2,3)25(24)20-15-14-10-13(19)5-4-12(14)11-18(15)6-8-21(9-7-18)16(22)23/h4-5,10,15,20H,6-9,11H2,1-3H3,(H,22,23)/t15-,25+/m1/s1. The zero-order chi connectivity index (χ0) is 18.4. The molecule has 1 aliphatic heterocycles. The topological polar surface area (TPSA) is 75.6 Å². The predicted octanol–water partition coefficient (Wildman–Crippen LogP) is 3.75. The Labute approximate surface area is 157 Å². The van der Waals surface area contributed by atoms with Crippen molar-refractivity contribution in [1.82, 2.24) is 9.62 Å². The van der Waals surface area contributed by atoms with Crippen LogP contribution in [-0.4, -0.2) is 38.5 Å². The van der Waals surface area contributed by atoms with Crippen molar-refractivity contribution in [2.45, 2.75) is 50.8 Å². The maximum absolute atomic E-state index is 12.8. The van der Waals surface area contributed by atoms with E-state index in [9.17, 15) is 14.5 Å². The number of fused-ring (bicyclic) bond motifs is 1. The molecule has 0 aromatic heterocycles. The van der Waals surface area contributed by atoms with Crippen molar-refractivity contribution in [2.75, 3.05) is 13.1 Å². The molecular weight excluding hydrogens is 360 g/mol. The summed E-state index contributed by atoms with van der Waals surface area (Å²) < 4.78 is 15.8. The van der Waals surface area contributed by atoms with Crippen LogP contribution in [0.1, 0.15) is 50.8 Å². The molecule has 7 heteroatoms. The van der Waals surface area contributed by atoms with Crippen LogP contribution in [0, 0.1) is 5.41 Å². The molecule has 0 unspecified atom stereocenters. The number of carbonyl (C=O) groups is 1. The van der Waals surface area contributed by atoms with Crippen molar-refractivity contribution in [3.8, 4) is 0 Å². The second-order valence-electron chi connectivity index (χ2n) is 8.08. The summed E-state index contributed by atoms with van der Waals surface area (Å²) in [6.07, 6.45) is 1.51. The number of halogens is 1. The van der Waals surface area contributed by atoms with Gasteiger partial charge in [-0.3, -0.25) is 0 Å². The third-order valence-electron chi connectivity index (χ3n) is 5.38. The Morgan fingerprint density at radius 3 is 2.60 bits per heavy atom. The number of rotatable bonds is 2. The van der Waals surface area contributed by atoms with Crippen molar-refractivity contribution >= 4 is 29.1 Å². The minimum Gasteiger partial charge on any atom is -0.598 e. The van der Waals surface area contributed by atoms with E-state index in [1.807, 2.05) is 39.0 Å². The number of piperidine rings is 1. The molecule has 1 fully saturated rings. The first-order valence-corrected chi connectivity index (χ1v) is 10.1. The van der Waals surface area contributed by atoms with Gasteiger partial charge >= 0.3 is 6.09 Å². The van der Waals surface area contributed by atoms with Crippen LogP contribution in [-0.2, 0) is 17.8 Å². The second kappa shape index (κ2) is 6.65. The highest BCUT2D eigenvalue weighted by Crippen LogP contribution is 2.53. The molecule has 1 spiro atoms. The van der Waals surface area contributed by atoms with Gasteiger partial charge in [0.2, 0.25) is 0 Å². The fourth-order valence-electron chi connectivity index (χ4n) is 3.89. The lowest BCUT2D eigenvalue weighted by atomic mass is 9.73. The number of hydrogen-bond donors (Lipinski definition) is 2. The van der Waals surface area contributed by atoms with E-state index in [1.54, 1.807) is 0 Å². The van der Waals surface area contributed by atoms with Gasteiger partial charge < -0.3 is 14.6 Å². The van der Waals surface area contributed by atoms with Gasteiger partial charge in [-0.2, -0.15) is 0 Å². The molecule has 1 amide bonds. The number of carboxylic acid groups (broad SMARTS) is 1. The largest absolute Gasteiger partial charge is 0.598 e. The average Bonchev–Trinajstić information content (AvgIpc) is 2.80. The quantitative estimate of drug-likeness (QED) is 0.761. The highest BCUT2D eigenvalue weighted by molar-refractivity contribution is 7.90. The lowest BCUT2D eigenvalue weighted by molar-refractivity contribution is 0.0764. The van der Waals surface area contributed by atoms with Gasteiger partial charge in [0.05, 0.1) is 6.04 Å². The fourth-order valence-corrected chi connectivity index (χ4v) is 5.01. The summed E-state index contributed by atoms with van der Waals surface area (Å²) in [5.74, 6) is 0. The molecule has 2 atom stereocenters. The van der Waals surface area contributed by atoms with Gasteiger partial charge in [0.1, 0.15) is 4.75 Å². The normalized spacial score (nSPS) is 23.6. The Balaban J connectivity index is 1.91. The van der Waals surface area contributed by atoms with Crippen LogP contribution in [0.15, 0.2) is 18.2 Å². The average molecular weight is 385 g/mol. The number of likely N-dealkylation sites (tertiary alicyclic amines) is 1. The molecule has 1 aliphatic carbocycles. The van der Waals surface area contributed by atoms with Crippen molar-refractivity contribution < 1.29 is 14.5 Å². The smallest absolute Gasteiger partial charge is 0.407 e. The molecule has 0 radical (unpaired) electrons. The van der Waals surface area contributed by atoms with E-state index < -0.39 is 17.5 Å². The lowest BCUT2D eigenvalue weighted by Gasteiger charge is -2.43. The van der Waals surface area contributed by atoms with E-state index in [1.165, 1.54) is 10.5 Å². The number of amides is 1. The molecule has 1 heterocycles. The van der Waals surface area contributed by atoms with Gasteiger partial charge in [0, 0.05) is 34.9 Å². The first kappa shape index (κ1) is 18.8. The second-order valence-corrected chi connectivity index (χ2v) is 10.5. The molecule has 2 aliphatic rings. The summed E-state index contributed by atoms with van der Waals surface area (Å²) in [4.78, 5) is 12.7. The molecule has 0 saturated carbocycles. The third kappa shape index (κ3) is 3.63. The fraction of sp³-hybridized carbons (Fsp3) is 0.611. The minimum atomic E-state index is -1.21. The van der Waals surface area contributed by atoms with E-state index >= 15 is 0 Å². The summed E-state index contributed by atoms with van der Waals surface area (Å²) in [6, 6.07) is 5.83. The van der Waals surface area contributed by atoms with Crippen molar-refractivity contribution in [3.63, 3.8) is 0 Å². The van der Waals surface area contributed by atoms with Gasteiger partial charge in [0.15, 0.2) is 0 Å². The van der Waals surface area contributed by atoms with Crippen LogP contribution in [0.2, 0.25) is 5.02 Å². The number of benzene rings is 1. The van der Waals surface area contributed by atoms with E-state index in [0.717, 1.165) is 24.8 Å². The Hall–Kier alpha value is -0.950. The van der Waals surface area contributed by atoms with E-state index in [0.29, 0.717) is 18.1 Å². The maximum Gasteiger partial charge on any atom is 0.407 e. The van der Waals surface area contributed by atoms with Crippen molar-refractivity contribution in [2.24, 2.45) is 5.41 Å².